The van der Waals surface area contributed by atoms with Crippen LogP contribution >= 0.6 is 0 Å². The fourth-order valence-electron chi connectivity index (χ4n) is 16.1. The number of furan rings is 4. The second kappa shape index (κ2) is 29.0. The molecule has 552 valence electrons. The molecule has 0 amide bonds. The Labute approximate surface area is 627 Å². The highest BCUT2D eigenvalue weighted by Crippen LogP contribution is 2.45. The third kappa shape index (κ3) is 13.5. The molecule has 0 spiro atoms. The lowest BCUT2D eigenvalue weighted by molar-refractivity contribution is -0.660. The first-order valence-electron chi connectivity index (χ1n) is 37.0. The Bertz CT molecular complexity index is 6250. The average Bonchev–Trinajstić information content (AvgIpc) is 1.59. The highest BCUT2D eigenvalue weighted by atomic mass is 19.1. The Balaban J connectivity index is 0.000000127. The van der Waals surface area contributed by atoms with Crippen LogP contribution in [-0.2, 0) is 28.2 Å². The molecular weight excluding hydrogens is 1360 g/mol. The van der Waals surface area contributed by atoms with Crippen LogP contribution in [0.15, 0.2) is 164 Å². The Kier molecular flexibility index (Phi) is 20.3. The molecule has 108 heavy (non-hydrogen) atoms. The number of fused-ring (bicyclic) bond motifs is 12. The Morgan fingerprint density at radius 1 is 0.259 bits per heavy atom. The lowest BCUT2D eigenvalue weighted by Gasteiger charge is -2.12. The zero-order valence-corrected chi connectivity index (χ0v) is 65.9. The molecule has 0 aliphatic heterocycles. The van der Waals surface area contributed by atoms with Gasteiger partial charge in [-0.2, -0.15) is 0 Å². The average molecular weight is 1460 g/mol. The normalized spacial score (nSPS) is 11.9. The first-order chi connectivity index (χ1) is 51.1. The Hall–Kier alpha value is -10.9. The summed E-state index contributed by atoms with van der Waals surface area (Å²) in [6, 6.07) is 35.7. The largest absolute Gasteiger partial charge is 0.455 e. The van der Waals surface area contributed by atoms with E-state index < -0.39 is 17.5 Å². The summed E-state index contributed by atoms with van der Waals surface area (Å²) < 4.78 is 118. The van der Waals surface area contributed by atoms with Crippen LogP contribution in [0.5, 0.6) is 0 Å². The third-order valence-corrected chi connectivity index (χ3v) is 21.6. The van der Waals surface area contributed by atoms with Crippen molar-refractivity contribution in [2.75, 3.05) is 0 Å². The van der Waals surface area contributed by atoms with E-state index >= 15 is 0 Å². The van der Waals surface area contributed by atoms with E-state index in [0.29, 0.717) is 84.3 Å². The molecule has 0 saturated carbocycles. The summed E-state index contributed by atoms with van der Waals surface area (Å²) in [6.45, 7) is 37.7. The zero-order valence-electron chi connectivity index (χ0n) is 65.9. The molecule has 16 rings (SSSR count). The maximum atomic E-state index is 14.8. The van der Waals surface area contributed by atoms with Crippen LogP contribution < -0.4 is 18.3 Å². The lowest BCUT2D eigenvalue weighted by Crippen LogP contribution is -2.32. The van der Waals surface area contributed by atoms with Gasteiger partial charge >= 0.3 is 0 Å². The molecule has 0 unspecified atom stereocenters. The van der Waals surface area contributed by atoms with Crippen LogP contribution in [0.4, 0.5) is 26.3 Å². The summed E-state index contributed by atoms with van der Waals surface area (Å²) in [5.41, 5.74) is 28.0. The molecule has 8 aromatic heterocycles. The number of halogens is 6. The number of nitrogens with zero attached hydrogens (tertiary/aromatic N) is 4. The van der Waals surface area contributed by atoms with E-state index in [1.807, 2.05) is 56.8 Å². The van der Waals surface area contributed by atoms with E-state index in [9.17, 15) is 26.3 Å². The SMILES string of the molecule is Cc1c[n+](C)c(-c2c(C)cc(F)c3c2oc2cc(F)ccc23)cc1C(C)C.Cc1c[n+](C)c(-c2c(C)ccc3c2oc2c(C)c(F)ccc23)cc1C(C)C.Cc1c[n+](C)c(-c2c(C)ccc3c2oc2cc(F)cc(F)c23)cc1C(C)C.Cc1cc2c(cc1F)oc1c(-c3cc(C(C)C)c(C)c[n+]3C)c(C)ccc12. The fourth-order valence-corrected chi connectivity index (χ4v) is 16.1. The lowest BCUT2D eigenvalue weighted by atomic mass is 9.94. The minimum absolute atomic E-state index is 0.230. The molecule has 16 aromatic rings. The highest BCUT2D eigenvalue weighted by molar-refractivity contribution is 6.13. The molecular formula is C94H94F6N4O4+4. The van der Waals surface area contributed by atoms with Gasteiger partial charge in [0.1, 0.15) is 102 Å². The summed E-state index contributed by atoms with van der Waals surface area (Å²) >= 11 is 0. The molecule has 14 heteroatoms. The van der Waals surface area contributed by atoms with Gasteiger partial charge in [-0.05, 0) is 179 Å². The number of hydrogen-bond donors (Lipinski definition) is 0. The molecule has 8 heterocycles. The van der Waals surface area contributed by atoms with Gasteiger partial charge in [0.2, 0.25) is 22.8 Å². The maximum absolute atomic E-state index is 14.8. The van der Waals surface area contributed by atoms with Gasteiger partial charge in [-0.15, -0.1) is 0 Å². The van der Waals surface area contributed by atoms with E-state index in [4.69, 9.17) is 17.7 Å². The van der Waals surface area contributed by atoms with E-state index in [-0.39, 0.29) is 23.0 Å². The molecule has 0 bridgehead atoms. The van der Waals surface area contributed by atoms with Crippen LogP contribution in [0, 0.1) is 104 Å². The summed E-state index contributed by atoms with van der Waals surface area (Å²) in [7, 11) is 8.10. The third-order valence-electron chi connectivity index (χ3n) is 21.6. The number of aromatic nitrogens is 4. The summed E-state index contributed by atoms with van der Waals surface area (Å²) in [6.07, 6.45) is 8.54. The second-order valence-corrected chi connectivity index (χ2v) is 30.9. The van der Waals surface area contributed by atoms with Gasteiger partial charge in [-0.1, -0.05) is 91.8 Å². The van der Waals surface area contributed by atoms with Crippen LogP contribution in [0.1, 0.15) is 157 Å². The van der Waals surface area contributed by atoms with Crippen LogP contribution in [0.2, 0.25) is 0 Å². The zero-order chi connectivity index (χ0) is 77.8. The molecule has 0 N–H and O–H groups in total. The van der Waals surface area contributed by atoms with Crippen LogP contribution in [0.3, 0.4) is 0 Å². The van der Waals surface area contributed by atoms with Crippen molar-refractivity contribution in [2.45, 2.75) is 148 Å². The maximum Gasteiger partial charge on any atom is 0.216 e. The van der Waals surface area contributed by atoms with E-state index in [1.165, 1.54) is 80.9 Å². The molecule has 0 aliphatic carbocycles. The minimum Gasteiger partial charge on any atom is -0.455 e. The predicted molar refractivity (Wildman–Crippen MR) is 425 cm³/mol. The fraction of sp³-hybridized carbons (Fsp3) is 0.277. The van der Waals surface area contributed by atoms with Crippen molar-refractivity contribution in [1.29, 1.82) is 0 Å². The Morgan fingerprint density at radius 2 is 0.620 bits per heavy atom. The molecule has 0 atom stereocenters. The smallest absolute Gasteiger partial charge is 0.216 e. The van der Waals surface area contributed by atoms with Gasteiger partial charge in [-0.25, -0.2) is 44.6 Å². The van der Waals surface area contributed by atoms with E-state index in [0.717, 1.165) is 106 Å². The first-order valence-corrected chi connectivity index (χ1v) is 37.0. The predicted octanol–water partition coefficient (Wildman–Crippen LogP) is 24.7. The Morgan fingerprint density at radius 3 is 1.09 bits per heavy atom. The summed E-state index contributed by atoms with van der Waals surface area (Å²) in [5.74, 6) is -0.828. The van der Waals surface area contributed by atoms with Gasteiger partial charge in [0.25, 0.3) is 0 Å². The molecule has 0 saturated heterocycles. The van der Waals surface area contributed by atoms with Gasteiger partial charge in [0.15, 0.2) is 30.4 Å². The van der Waals surface area contributed by atoms with Crippen LogP contribution in [0.25, 0.3) is 133 Å². The number of rotatable bonds is 8. The molecule has 8 nitrogen and oxygen atoms in total. The molecule has 8 aromatic carbocycles. The molecule has 0 fully saturated rings. The van der Waals surface area contributed by atoms with Crippen molar-refractivity contribution in [3.63, 3.8) is 0 Å². The van der Waals surface area contributed by atoms with E-state index in [1.54, 1.807) is 19.9 Å². The monoisotopic (exact) mass is 1460 g/mol. The van der Waals surface area contributed by atoms with Gasteiger partial charge in [0, 0.05) is 109 Å². The van der Waals surface area contributed by atoms with Crippen molar-refractivity contribution < 1.29 is 62.3 Å². The number of pyridine rings is 4. The van der Waals surface area contributed by atoms with Crippen LogP contribution in [-0.4, -0.2) is 0 Å². The van der Waals surface area contributed by atoms with E-state index in [2.05, 4.69) is 198 Å². The standard InChI is InChI=1S/2C24H25FNO.2C23H22F2NO/c1-13(2)18-10-21(26(6)12-16(18)5)23-14(3)7-8-17-19-9-15(4)20(25)11-22(19)27-24(17)23;1-13(2)19-11-21(26(6)12-15(19)4)22-14(3)7-8-18-17-9-10-20(25)16(5)23(17)27-24(18)22;1-12(2)17-10-19(26(5)11-14(17)4)21-13(3)8-18(25)22-16-7-6-15(24)9-20(16)27-23(21)22;1-12(2)17-10-19(26(5)11-14(17)4)21-13(3)6-7-16-22-18(25)8-15(24)9-20(22)27-23(16)21/h2*7-13H,1-6H3;2*6-12H,1-5H3/q4*+1. The summed E-state index contributed by atoms with van der Waals surface area (Å²) in [4.78, 5) is 0. The van der Waals surface area contributed by atoms with Gasteiger partial charge < -0.3 is 17.7 Å². The topological polar surface area (TPSA) is 68.1 Å². The number of aryl methyl sites for hydroxylation is 14. The molecule has 0 aliphatic rings. The quantitative estimate of drug-likeness (QED) is 0.112. The van der Waals surface area contributed by atoms with Gasteiger partial charge in [-0.3, -0.25) is 0 Å². The second-order valence-electron chi connectivity index (χ2n) is 30.9. The highest BCUT2D eigenvalue weighted by Gasteiger charge is 2.30. The van der Waals surface area contributed by atoms with Crippen molar-refractivity contribution in [1.82, 2.24) is 0 Å². The minimum atomic E-state index is -0.639. The van der Waals surface area contributed by atoms with Crippen molar-refractivity contribution in [3.05, 3.63) is 259 Å². The first kappa shape index (κ1) is 75.4. The number of benzene rings is 8. The molecule has 0 radical (unpaired) electrons. The van der Waals surface area contributed by atoms with Crippen molar-refractivity contribution in [2.24, 2.45) is 28.2 Å². The van der Waals surface area contributed by atoms with Crippen molar-refractivity contribution >= 4 is 87.8 Å². The van der Waals surface area contributed by atoms with Crippen molar-refractivity contribution in [3.8, 4) is 45.0 Å². The summed E-state index contributed by atoms with van der Waals surface area (Å²) in [5, 5.41) is 5.95. The number of hydrogen-bond acceptors (Lipinski definition) is 4. The van der Waals surface area contributed by atoms with Gasteiger partial charge in [0.05, 0.1) is 33.0 Å².